The Labute approximate surface area is 460 Å². The molecule has 9 nitrogen and oxygen atoms in total. The summed E-state index contributed by atoms with van der Waals surface area (Å²) in [6.45, 7) is 19.5. The monoisotopic (exact) mass is 1050 g/mol. The lowest BCUT2D eigenvalue weighted by molar-refractivity contribution is -0.146. The molecule has 0 aromatic carbocycles. The number of ether oxygens (including phenoxy) is 2. The molecule has 2 unspecified atom stereocenters. The molecule has 74 heavy (non-hydrogen) atoms. The number of rotatable bonds is 58. The Bertz CT molecular complexity index is 1160. The van der Waals surface area contributed by atoms with Crippen molar-refractivity contribution in [2.24, 2.45) is 11.8 Å². The van der Waals surface area contributed by atoms with Gasteiger partial charge in [-0.25, -0.2) is 0 Å². The molecular weight excluding hydrogens is 919 g/mol. The lowest BCUT2D eigenvalue weighted by Crippen LogP contribution is -2.34. The summed E-state index contributed by atoms with van der Waals surface area (Å²) < 4.78 is 11.7. The van der Waals surface area contributed by atoms with E-state index >= 15 is 0 Å². The maximum absolute atomic E-state index is 13.6. The summed E-state index contributed by atoms with van der Waals surface area (Å²) in [5.74, 6) is 1.36. The maximum atomic E-state index is 13.6. The zero-order valence-electron chi connectivity index (χ0n) is 50.7. The number of carbonyl (C=O) groups excluding carboxylic acids is 4. The summed E-state index contributed by atoms with van der Waals surface area (Å²) >= 11 is 0. The van der Waals surface area contributed by atoms with Crippen LogP contribution in [0.1, 0.15) is 324 Å². The Kier molecular flexibility index (Phi) is 54.0. The fraction of sp³-hybridized carbons (Fsp3) is 0.938. The van der Waals surface area contributed by atoms with E-state index in [1.807, 2.05) is 0 Å². The number of hydrogen-bond donors (Lipinski definition) is 0. The van der Waals surface area contributed by atoms with Crippen molar-refractivity contribution in [1.82, 2.24) is 14.7 Å². The van der Waals surface area contributed by atoms with Crippen molar-refractivity contribution in [2.75, 3.05) is 59.5 Å². The average molecular weight is 1050 g/mol. The normalized spacial score (nSPS) is 12.3. The fourth-order valence-electron chi connectivity index (χ4n) is 10.4. The van der Waals surface area contributed by atoms with Crippen LogP contribution in [0.15, 0.2) is 0 Å². The highest BCUT2D eigenvalue weighted by molar-refractivity contribution is 5.76. The Morgan fingerprint density at radius 3 is 0.865 bits per heavy atom. The Morgan fingerprint density at radius 1 is 0.297 bits per heavy atom. The first kappa shape index (κ1) is 71.8. The minimum atomic E-state index is -0.0560. The highest BCUT2D eigenvalue weighted by atomic mass is 16.5. The summed E-state index contributed by atoms with van der Waals surface area (Å²) in [7, 11) is 2.11. The largest absolute Gasteiger partial charge is 0.465 e. The van der Waals surface area contributed by atoms with Gasteiger partial charge in [0, 0.05) is 51.9 Å². The number of esters is 2. The van der Waals surface area contributed by atoms with E-state index in [1.54, 1.807) is 0 Å². The first-order valence-corrected chi connectivity index (χ1v) is 32.7. The molecule has 0 saturated carbocycles. The summed E-state index contributed by atoms with van der Waals surface area (Å²) in [5, 5.41) is 0. The van der Waals surface area contributed by atoms with Crippen LogP contribution in [0, 0.1) is 11.8 Å². The van der Waals surface area contributed by atoms with Crippen LogP contribution in [0.3, 0.4) is 0 Å². The molecule has 0 aromatic heterocycles. The molecule has 0 fully saturated rings. The molecule has 2 atom stereocenters. The van der Waals surface area contributed by atoms with Crippen LogP contribution in [0.5, 0.6) is 0 Å². The van der Waals surface area contributed by atoms with Crippen LogP contribution < -0.4 is 0 Å². The highest BCUT2D eigenvalue weighted by Gasteiger charge is 2.18. The summed E-state index contributed by atoms with van der Waals surface area (Å²) in [6.07, 6.45) is 48.5. The first-order chi connectivity index (χ1) is 36.1. The summed E-state index contributed by atoms with van der Waals surface area (Å²) in [6, 6.07) is 0. The van der Waals surface area contributed by atoms with Gasteiger partial charge in [-0.2, -0.15) is 0 Å². The molecule has 0 aliphatic heterocycles. The van der Waals surface area contributed by atoms with Gasteiger partial charge in [-0.05, 0) is 109 Å². The predicted octanol–water partition coefficient (Wildman–Crippen LogP) is 18.2. The number of nitrogens with zero attached hydrogens (tertiary/aromatic N) is 3. The van der Waals surface area contributed by atoms with Gasteiger partial charge in [-0.1, -0.05) is 221 Å². The molecule has 0 spiro atoms. The molecular formula is C65H127N3O6. The smallest absolute Gasteiger partial charge is 0.305 e. The second kappa shape index (κ2) is 55.6. The van der Waals surface area contributed by atoms with Gasteiger partial charge in [0.2, 0.25) is 11.8 Å². The molecule has 0 bridgehead atoms. The molecule has 0 aliphatic carbocycles. The van der Waals surface area contributed by atoms with Crippen LogP contribution in [0.25, 0.3) is 0 Å². The van der Waals surface area contributed by atoms with Crippen molar-refractivity contribution in [3.63, 3.8) is 0 Å². The van der Waals surface area contributed by atoms with E-state index < -0.39 is 0 Å². The van der Waals surface area contributed by atoms with Gasteiger partial charge in [0.15, 0.2) is 0 Å². The van der Waals surface area contributed by atoms with Crippen LogP contribution in [-0.4, -0.2) is 98.0 Å². The second-order valence-corrected chi connectivity index (χ2v) is 22.9. The third-order valence-electron chi connectivity index (χ3n) is 15.6. The van der Waals surface area contributed by atoms with Crippen molar-refractivity contribution >= 4 is 23.8 Å². The summed E-state index contributed by atoms with van der Waals surface area (Å²) in [5.41, 5.74) is 0. The first-order valence-electron chi connectivity index (χ1n) is 32.7. The van der Waals surface area contributed by atoms with E-state index in [0.717, 1.165) is 116 Å². The van der Waals surface area contributed by atoms with Crippen molar-refractivity contribution in [1.29, 1.82) is 0 Å². The predicted molar refractivity (Wildman–Crippen MR) is 317 cm³/mol. The molecule has 0 N–H and O–H groups in total. The molecule has 0 aromatic rings. The zero-order chi connectivity index (χ0) is 54.4. The number of hydrogen-bond acceptors (Lipinski definition) is 7. The topological polar surface area (TPSA) is 96.5 Å². The molecule has 0 radical (unpaired) electrons. The standard InChI is InChI=1S/C65H127N3O6/c1-8-14-20-26-28-34-46-60(44-32-22-16-10-3)58-73-64(71)50-36-30-40-56-67(54-38-24-18-12-5)62(69)48-42-52-66(7)53-43-49-63(70)68(55-39-25-19-13-6)57-41-31-37-51-65(72)74-59-61(45-33-23-17-11-4)47-35-29-27-21-15-9-2/h60-61H,8-59H2,1-7H3. The van der Waals surface area contributed by atoms with Gasteiger partial charge in [0.1, 0.15) is 0 Å². The Balaban J connectivity index is 4.80. The molecule has 0 rings (SSSR count). The maximum Gasteiger partial charge on any atom is 0.305 e. The molecule has 0 heterocycles. The van der Waals surface area contributed by atoms with E-state index in [9.17, 15) is 19.2 Å². The van der Waals surface area contributed by atoms with Gasteiger partial charge in [0.25, 0.3) is 0 Å². The van der Waals surface area contributed by atoms with Crippen LogP contribution >= 0.6 is 0 Å². The van der Waals surface area contributed by atoms with Gasteiger partial charge in [0.05, 0.1) is 13.2 Å². The van der Waals surface area contributed by atoms with Crippen LogP contribution in [-0.2, 0) is 28.7 Å². The van der Waals surface area contributed by atoms with Gasteiger partial charge in [-0.15, -0.1) is 0 Å². The van der Waals surface area contributed by atoms with E-state index in [-0.39, 0.29) is 23.8 Å². The Hall–Kier alpha value is -2.16. The van der Waals surface area contributed by atoms with Crippen molar-refractivity contribution in [2.45, 2.75) is 324 Å². The third kappa shape index (κ3) is 47.1. The van der Waals surface area contributed by atoms with Crippen LogP contribution in [0.4, 0.5) is 0 Å². The minimum Gasteiger partial charge on any atom is -0.465 e. The highest BCUT2D eigenvalue weighted by Crippen LogP contribution is 2.22. The SMILES string of the molecule is CCCCCCCCC(CCCCCC)COC(=O)CCCCCN(CCCCCC)C(=O)CCCN(C)CCCC(=O)N(CCCCCC)CCCCCC(=O)OCC(CCCCCC)CCCCCCCC. The second-order valence-electron chi connectivity index (χ2n) is 22.9. The third-order valence-corrected chi connectivity index (χ3v) is 15.6. The lowest BCUT2D eigenvalue weighted by atomic mass is 9.95. The van der Waals surface area contributed by atoms with E-state index in [4.69, 9.17) is 9.47 Å². The van der Waals surface area contributed by atoms with E-state index in [1.165, 1.54) is 180 Å². The zero-order valence-corrected chi connectivity index (χ0v) is 50.7. The van der Waals surface area contributed by atoms with E-state index in [0.29, 0.717) is 50.7 Å². The molecule has 2 amide bonds. The number of unbranched alkanes of at least 4 members (excludes halogenated alkanes) is 26. The molecule has 438 valence electrons. The number of amides is 2. The van der Waals surface area contributed by atoms with Gasteiger partial charge < -0.3 is 24.2 Å². The fourth-order valence-corrected chi connectivity index (χ4v) is 10.4. The average Bonchev–Trinajstić information content (AvgIpc) is 3.39. The van der Waals surface area contributed by atoms with Gasteiger partial charge in [-0.3, -0.25) is 19.2 Å². The Morgan fingerprint density at radius 2 is 0.554 bits per heavy atom. The molecule has 0 saturated heterocycles. The van der Waals surface area contributed by atoms with Crippen molar-refractivity contribution in [3.8, 4) is 0 Å². The molecule has 9 heteroatoms. The van der Waals surface area contributed by atoms with Gasteiger partial charge >= 0.3 is 11.9 Å². The minimum absolute atomic E-state index is 0.0560. The number of carbonyl (C=O) groups is 4. The van der Waals surface area contributed by atoms with Crippen molar-refractivity contribution in [3.05, 3.63) is 0 Å². The van der Waals surface area contributed by atoms with Crippen LogP contribution in [0.2, 0.25) is 0 Å². The quantitative estimate of drug-likeness (QED) is 0.0442. The summed E-state index contributed by atoms with van der Waals surface area (Å²) in [4.78, 5) is 59.1. The molecule has 0 aliphatic rings. The lowest BCUT2D eigenvalue weighted by Gasteiger charge is -2.24. The van der Waals surface area contributed by atoms with E-state index in [2.05, 4.69) is 63.3 Å². The van der Waals surface area contributed by atoms with Crippen molar-refractivity contribution < 1.29 is 28.7 Å².